The Bertz CT molecular complexity index is 1850. The van der Waals surface area contributed by atoms with E-state index in [0.717, 1.165) is 40.9 Å². The predicted octanol–water partition coefficient (Wildman–Crippen LogP) is 4.08. The summed E-state index contributed by atoms with van der Waals surface area (Å²) in [5.41, 5.74) is 4.43. The molecule has 38 heavy (non-hydrogen) atoms. The average Bonchev–Trinajstić information content (AvgIpc) is 3.45. The maximum absolute atomic E-state index is 12.8. The van der Waals surface area contributed by atoms with Crippen molar-refractivity contribution in [2.24, 2.45) is 12.5 Å². The van der Waals surface area contributed by atoms with Gasteiger partial charge in [0.2, 0.25) is 16.0 Å². The van der Waals surface area contributed by atoms with Crippen molar-refractivity contribution in [1.29, 1.82) is 0 Å². The van der Waals surface area contributed by atoms with Gasteiger partial charge in [-0.15, -0.1) is 0 Å². The summed E-state index contributed by atoms with van der Waals surface area (Å²) >= 11 is 0. The highest BCUT2D eigenvalue weighted by Crippen LogP contribution is 2.52. The third-order valence-corrected chi connectivity index (χ3v) is 9.15. The summed E-state index contributed by atoms with van der Waals surface area (Å²) in [6.45, 7) is 2.38. The summed E-state index contributed by atoms with van der Waals surface area (Å²) < 4.78 is 35.0. The van der Waals surface area contributed by atoms with Crippen LogP contribution in [-0.2, 0) is 17.1 Å². The number of nitrogens with one attached hydrogen (secondary N) is 1. The lowest BCUT2D eigenvalue weighted by Gasteiger charge is -2.16. The molecule has 1 aliphatic carbocycles. The first-order chi connectivity index (χ1) is 18.3. The Morgan fingerprint density at radius 2 is 1.89 bits per heavy atom. The van der Waals surface area contributed by atoms with Crippen molar-refractivity contribution in [3.8, 4) is 11.5 Å². The zero-order chi connectivity index (χ0) is 26.1. The first kappa shape index (κ1) is 22.8. The normalized spacial score (nSPS) is 17.4. The monoisotopic (exact) mass is 528 g/mol. The van der Waals surface area contributed by atoms with Gasteiger partial charge in [0.05, 0.1) is 29.3 Å². The molecule has 7 rings (SSSR count). The van der Waals surface area contributed by atoms with E-state index >= 15 is 0 Å². The van der Waals surface area contributed by atoms with Crippen LogP contribution in [0.4, 0.5) is 17.5 Å². The van der Waals surface area contributed by atoms with Crippen LogP contribution in [0.5, 0.6) is 11.5 Å². The molecule has 1 saturated heterocycles. The van der Waals surface area contributed by atoms with Gasteiger partial charge >= 0.3 is 0 Å². The van der Waals surface area contributed by atoms with Gasteiger partial charge in [0.25, 0.3) is 0 Å². The van der Waals surface area contributed by atoms with Crippen molar-refractivity contribution < 1.29 is 13.2 Å². The summed E-state index contributed by atoms with van der Waals surface area (Å²) in [6, 6.07) is 11.5. The smallest absolute Gasteiger partial charge is 0.240 e. The number of sulfonamides is 1. The molecule has 11 nitrogen and oxygen atoms in total. The molecule has 1 saturated carbocycles. The second kappa shape index (κ2) is 8.09. The predicted molar refractivity (Wildman–Crippen MR) is 143 cm³/mol. The molecule has 4 heterocycles. The third-order valence-electron chi connectivity index (χ3n) is 7.21. The van der Waals surface area contributed by atoms with E-state index < -0.39 is 10.0 Å². The topological polar surface area (TPSA) is 128 Å². The quantitative estimate of drug-likeness (QED) is 0.359. The number of anilines is 3. The van der Waals surface area contributed by atoms with Crippen LogP contribution in [0.2, 0.25) is 0 Å². The maximum Gasteiger partial charge on any atom is 0.240 e. The molecule has 12 heteroatoms. The van der Waals surface area contributed by atoms with Crippen molar-refractivity contribution in [3.63, 3.8) is 0 Å². The van der Waals surface area contributed by atoms with Gasteiger partial charge < -0.3 is 14.6 Å². The molecule has 192 valence electrons. The van der Waals surface area contributed by atoms with Crippen LogP contribution in [-0.4, -0.2) is 50.2 Å². The molecular formula is C26H24N8O3S. The van der Waals surface area contributed by atoms with Crippen molar-refractivity contribution in [2.75, 3.05) is 21.9 Å². The van der Waals surface area contributed by atoms with Crippen LogP contribution in [0.3, 0.4) is 0 Å². The highest BCUT2D eigenvalue weighted by Gasteiger charge is 2.55. The van der Waals surface area contributed by atoms with Crippen molar-refractivity contribution in [3.05, 3.63) is 60.8 Å². The fraction of sp³-hybridized carbons (Fsp3) is 0.269. The van der Waals surface area contributed by atoms with E-state index in [0.29, 0.717) is 29.1 Å². The Morgan fingerprint density at radius 3 is 2.68 bits per heavy atom. The molecule has 1 N–H and O–H groups in total. The number of hydrogen-bond acceptors (Lipinski definition) is 9. The summed E-state index contributed by atoms with van der Waals surface area (Å²) in [4.78, 5) is 21.9. The van der Waals surface area contributed by atoms with E-state index in [-0.39, 0.29) is 17.1 Å². The molecule has 2 aliphatic rings. The molecule has 0 radical (unpaired) electrons. The van der Waals surface area contributed by atoms with E-state index in [1.54, 1.807) is 12.5 Å². The third kappa shape index (κ3) is 3.88. The van der Waals surface area contributed by atoms with E-state index in [1.165, 1.54) is 10.6 Å². The number of hydrogen-bond donors (Lipinski definition) is 1. The molecule has 0 atom stereocenters. The Morgan fingerprint density at radius 1 is 1.03 bits per heavy atom. The Labute approximate surface area is 218 Å². The van der Waals surface area contributed by atoms with Gasteiger partial charge in [0.15, 0.2) is 5.82 Å². The summed E-state index contributed by atoms with van der Waals surface area (Å²) in [6.07, 6.45) is 6.58. The lowest BCUT2D eigenvalue weighted by molar-refractivity contribution is 0.479. The van der Waals surface area contributed by atoms with Crippen molar-refractivity contribution in [1.82, 2.24) is 29.5 Å². The SMILES string of the molecule is Cc1cc(Nc2ncnc3cnc(N4CC5(CC5)CS4(=O)=O)nc23)ccc1Oc1ccc2c(c1)ncn2C. The van der Waals surface area contributed by atoms with Gasteiger partial charge in [-0.05, 0) is 55.7 Å². The molecule has 1 spiro atoms. The van der Waals surface area contributed by atoms with Gasteiger partial charge in [0.1, 0.15) is 28.9 Å². The maximum atomic E-state index is 12.8. The molecule has 0 amide bonds. The number of benzene rings is 2. The van der Waals surface area contributed by atoms with E-state index in [9.17, 15) is 8.42 Å². The number of nitrogens with zero attached hydrogens (tertiary/aromatic N) is 7. The zero-order valence-electron chi connectivity index (χ0n) is 20.8. The lowest BCUT2D eigenvalue weighted by Crippen LogP contribution is -2.27. The highest BCUT2D eigenvalue weighted by molar-refractivity contribution is 7.93. The molecule has 1 aliphatic heterocycles. The molecule has 3 aromatic heterocycles. The standard InChI is InChI=1S/C26H24N8O3S/c1-16-9-17(3-6-22(16)37-18-4-5-21-19(10-18)30-15-33(21)2)31-24-23-20(28-14-29-24)11-27-25(32-23)34-12-26(7-8-26)13-38(34,35)36/h3-6,9-11,14-15H,7-8,12-13H2,1-2H3,(H,28,29,31). The minimum atomic E-state index is -3.44. The first-order valence-electron chi connectivity index (χ1n) is 12.2. The van der Waals surface area contributed by atoms with E-state index in [1.807, 2.05) is 54.9 Å². The van der Waals surface area contributed by atoms with Crippen molar-refractivity contribution in [2.45, 2.75) is 19.8 Å². The molecule has 0 bridgehead atoms. The number of imidazole rings is 1. The number of fused-ring (bicyclic) bond motifs is 2. The minimum absolute atomic E-state index is 0.143. The lowest BCUT2D eigenvalue weighted by atomic mass is 10.1. The van der Waals surface area contributed by atoms with Gasteiger partial charge in [-0.2, -0.15) is 0 Å². The summed E-state index contributed by atoms with van der Waals surface area (Å²) in [5.74, 6) is 2.20. The Hall–Kier alpha value is -4.32. The largest absolute Gasteiger partial charge is 0.457 e. The zero-order valence-corrected chi connectivity index (χ0v) is 21.6. The Kier molecular flexibility index (Phi) is 4.86. The van der Waals surface area contributed by atoms with Crippen molar-refractivity contribution >= 4 is 49.5 Å². The number of rotatable bonds is 5. The van der Waals surface area contributed by atoms with Gasteiger partial charge in [-0.25, -0.2) is 37.6 Å². The van der Waals surface area contributed by atoms with Crippen LogP contribution in [0.15, 0.2) is 55.2 Å². The fourth-order valence-corrected chi connectivity index (χ4v) is 7.05. The highest BCUT2D eigenvalue weighted by atomic mass is 32.2. The van der Waals surface area contributed by atoms with Crippen LogP contribution >= 0.6 is 0 Å². The van der Waals surface area contributed by atoms with Gasteiger partial charge in [-0.1, -0.05) is 0 Å². The van der Waals surface area contributed by atoms with Crippen LogP contribution in [0.25, 0.3) is 22.1 Å². The molecule has 5 aromatic rings. The van der Waals surface area contributed by atoms with E-state index in [4.69, 9.17) is 4.74 Å². The van der Waals surface area contributed by atoms with Gasteiger partial charge in [-0.3, -0.25) is 0 Å². The van der Waals surface area contributed by atoms with E-state index in [2.05, 4.69) is 30.2 Å². The number of aromatic nitrogens is 6. The fourth-order valence-electron chi connectivity index (χ4n) is 4.93. The van der Waals surface area contributed by atoms with Crippen LogP contribution in [0, 0.1) is 12.3 Å². The van der Waals surface area contributed by atoms with Crippen LogP contribution in [0.1, 0.15) is 18.4 Å². The molecular weight excluding hydrogens is 504 g/mol. The van der Waals surface area contributed by atoms with Gasteiger partial charge in [0, 0.05) is 30.8 Å². The Balaban J connectivity index is 1.16. The second-order valence-corrected chi connectivity index (χ2v) is 12.0. The molecule has 2 fully saturated rings. The summed E-state index contributed by atoms with van der Waals surface area (Å²) in [7, 11) is -1.49. The minimum Gasteiger partial charge on any atom is -0.457 e. The first-order valence-corrected chi connectivity index (χ1v) is 13.8. The number of aryl methyl sites for hydroxylation is 2. The molecule has 2 aromatic carbocycles. The summed E-state index contributed by atoms with van der Waals surface area (Å²) in [5, 5.41) is 3.30. The molecule has 0 unspecified atom stereocenters. The van der Waals surface area contributed by atoms with Crippen LogP contribution < -0.4 is 14.4 Å². The second-order valence-electron chi connectivity index (χ2n) is 10.1. The number of ether oxygens (including phenoxy) is 1. The average molecular weight is 529 g/mol.